The van der Waals surface area contributed by atoms with Crippen molar-refractivity contribution in [2.75, 3.05) is 0 Å². The van der Waals surface area contributed by atoms with E-state index in [0.717, 1.165) is 30.7 Å². The highest BCUT2D eigenvalue weighted by Crippen LogP contribution is 2.49. The van der Waals surface area contributed by atoms with Crippen LogP contribution in [0.1, 0.15) is 50.2 Å². The number of aromatic nitrogens is 1. The van der Waals surface area contributed by atoms with Crippen molar-refractivity contribution in [3.05, 3.63) is 16.1 Å². The van der Waals surface area contributed by atoms with Gasteiger partial charge in [-0.15, -0.1) is 11.3 Å². The first-order chi connectivity index (χ1) is 8.76. The minimum absolute atomic E-state index is 0.659. The molecule has 0 aliphatic heterocycles. The summed E-state index contributed by atoms with van der Waals surface area (Å²) in [7, 11) is 0. The van der Waals surface area contributed by atoms with Gasteiger partial charge in [0.15, 0.2) is 0 Å². The number of hydrogen-bond donors (Lipinski definition) is 1. The summed E-state index contributed by atoms with van der Waals surface area (Å²) in [5, 5.41) is 7.18. The summed E-state index contributed by atoms with van der Waals surface area (Å²) >= 11 is 1.79. The van der Waals surface area contributed by atoms with Crippen LogP contribution in [0.15, 0.2) is 5.38 Å². The van der Waals surface area contributed by atoms with Crippen LogP contribution in [-0.2, 0) is 13.0 Å². The second kappa shape index (κ2) is 5.30. The van der Waals surface area contributed by atoms with E-state index in [2.05, 4.69) is 29.5 Å². The lowest BCUT2D eigenvalue weighted by Gasteiger charge is -2.28. The molecule has 1 heterocycles. The molecule has 0 amide bonds. The normalized spacial score (nSPS) is 32.0. The van der Waals surface area contributed by atoms with Gasteiger partial charge < -0.3 is 5.32 Å². The summed E-state index contributed by atoms with van der Waals surface area (Å²) in [5.41, 5.74) is 1.23. The molecule has 1 N–H and O–H groups in total. The van der Waals surface area contributed by atoms with E-state index < -0.39 is 0 Å². The Hall–Kier alpha value is -0.410. The van der Waals surface area contributed by atoms with Crippen LogP contribution in [0.5, 0.6) is 0 Å². The molecule has 4 unspecified atom stereocenters. The number of fused-ring (bicyclic) bond motifs is 2. The fraction of sp³-hybridized carbons (Fsp3) is 0.800. The fourth-order valence-electron chi connectivity index (χ4n) is 3.92. The molecule has 2 nitrogen and oxygen atoms in total. The first kappa shape index (κ1) is 12.6. The molecule has 2 saturated carbocycles. The lowest BCUT2D eigenvalue weighted by atomic mass is 9.84. The Morgan fingerprint density at radius 3 is 2.94 bits per heavy atom. The number of rotatable bonds is 5. The smallest absolute Gasteiger partial charge is 0.0926 e. The number of nitrogens with zero attached hydrogens (tertiary/aromatic N) is 1. The summed E-state index contributed by atoms with van der Waals surface area (Å²) < 4.78 is 0. The van der Waals surface area contributed by atoms with Gasteiger partial charge in [-0.1, -0.05) is 13.3 Å². The molecular weight excluding hydrogens is 240 g/mol. The molecule has 1 aromatic rings. The van der Waals surface area contributed by atoms with E-state index in [4.69, 9.17) is 0 Å². The predicted octanol–water partition coefficient (Wildman–Crippen LogP) is 3.62. The summed E-state index contributed by atoms with van der Waals surface area (Å²) in [6.45, 7) is 5.50. The van der Waals surface area contributed by atoms with Gasteiger partial charge in [0.25, 0.3) is 0 Å². The van der Waals surface area contributed by atoms with Gasteiger partial charge in [-0.2, -0.15) is 0 Å². The number of aryl methyl sites for hydroxylation is 1. The SMILES string of the molecule is CCc1nc(CNC(C)C2CC3CCC2C3)cs1. The van der Waals surface area contributed by atoms with Crippen LogP contribution in [-0.4, -0.2) is 11.0 Å². The summed E-state index contributed by atoms with van der Waals surface area (Å²) in [6, 6.07) is 0.659. The largest absolute Gasteiger partial charge is 0.308 e. The fourth-order valence-corrected chi connectivity index (χ4v) is 4.66. The minimum atomic E-state index is 0.659. The van der Waals surface area contributed by atoms with Crippen LogP contribution in [0.4, 0.5) is 0 Å². The molecule has 3 heteroatoms. The Morgan fingerprint density at radius 2 is 2.33 bits per heavy atom. The number of hydrogen-bond acceptors (Lipinski definition) is 3. The van der Waals surface area contributed by atoms with Crippen molar-refractivity contribution in [1.29, 1.82) is 0 Å². The van der Waals surface area contributed by atoms with Gasteiger partial charge in [-0.3, -0.25) is 0 Å². The van der Waals surface area contributed by atoms with Crippen LogP contribution < -0.4 is 5.32 Å². The van der Waals surface area contributed by atoms with Gasteiger partial charge in [0, 0.05) is 18.0 Å². The molecular formula is C15H24N2S. The number of thiazole rings is 1. The third kappa shape index (κ3) is 2.48. The van der Waals surface area contributed by atoms with E-state index in [1.54, 1.807) is 11.3 Å². The van der Waals surface area contributed by atoms with Gasteiger partial charge in [-0.25, -0.2) is 4.98 Å². The highest BCUT2D eigenvalue weighted by molar-refractivity contribution is 7.09. The third-order valence-corrected chi connectivity index (χ3v) is 5.98. The van der Waals surface area contributed by atoms with Crippen molar-refractivity contribution in [3.8, 4) is 0 Å². The molecule has 4 atom stereocenters. The molecule has 100 valence electrons. The zero-order chi connectivity index (χ0) is 12.5. The van der Waals surface area contributed by atoms with E-state index in [1.165, 1.54) is 36.4 Å². The van der Waals surface area contributed by atoms with Gasteiger partial charge in [0.1, 0.15) is 0 Å². The van der Waals surface area contributed by atoms with E-state index >= 15 is 0 Å². The highest BCUT2D eigenvalue weighted by Gasteiger charge is 2.41. The molecule has 0 aromatic carbocycles. The average molecular weight is 264 g/mol. The Bertz CT molecular complexity index is 401. The zero-order valence-corrected chi connectivity index (χ0v) is 12.3. The van der Waals surface area contributed by atoms with Gasteiger partial charge >= 0.3 is 0 Å². The maximum atomic E-state index is 4.63. The Kier molecular flexibility index (Phi) is 3.71. The molecule has 2 aliphatic rings. The van der Waals surface area contributed by atoms with E-state index in [-0.39, 0.29) is 0 Å². The maximum Gasteiger partial charge on any atom is 0.0926 e. The van der Waals surface area contributed by atoms with Crippen LogP contribution in [0.3, 0.4) is 0 Å². The maximum absolute atomic E-state index is 4.63. The first-order valence-electron chi connectivity index (χ1n) is 7.43. The van der Waals surface area contributed by atoms with Crippen LogP contribution in [0, 0.1) is 17.8 Å². The Balaban J connectivity index is 1.50. The van der Waals surface area contributed by atoms with Crippen LogP contribution >= 0.6 is 11.3 Å². The Labute approximate surface area is 114 Å². The van der Waals surface area contributed by atoms with Crippen molar-refractivity contribution in [1.82, 2.24) is 10.3 Å². The lowest BCUT2D eigenvalue weighted by Crippen LogP contribution is -2.35. The second-order valence-corrected chi connectivity index (χ2v) is 7.04. The topological polar surface area (TPSA) is 24.9 Å². The van der Waals surface area contributed by atoms with Crippen molar-refractivity contribution in [2.45, 2.75) is 58.5 Å². The zero-order valence-electron chi connectivity index (χ0n) is 11.5. The van der Waals surface area contributed by atoms with Crippen LogP contribution in [0.2, 0.25) is 0 Å². The quantitative estimate of drug-likeness (QED) is 0.878. The molecule has 3 rings (SSSR count). The minimum Gasteiger partial charge on any atom is -0.308 e. The molecule has 0 saturated heterocycles. The van der Waals surface area contributed by atoms with Crippen molar-refractivity contribution >= 4 is 11.3 Å². The molecule has 0 spiro atoms. The molecule has 0 radical (unpaired) electrons. The van der Waals surface area contributed by atoms with Crippen molar-refractivity contribution in [3.63, 3.8) is 0 Å². The van der Waals surface area contributed by atoms with Gasteiger partial charge in [-0.05, 0) is 50.4 Å². The summed E-state index contributed by atoms with van der Waals surface area (Å²) in [4.78, 5) is 4.63. The van der Waals surface area contributed by atoms with Crippen molar-refractivity contribution in [2.24, 2.45) is 17.8 Å². The van der Waals surface area contributed by atoms with E-state index in [9.17, 15) is 0 Å². The number of nitrogens with one attached hydrogen (secondary N) is 1. The predicted molar refractivity (Wildman–Crippen MR) is 76.7 cm³/mol. The Morgan fingerprint density at radius 1 is 1.44 bits per heavy atom. The molecule has 18 heavy (non-hydrogen) atoms. The van der Waals surface area contributed by atoms with Crippen LogP contribution in [0.25, 0.3) is 0 Å². The summed E-state index contributed by atoms with van der Waals surface area (Å²) in [6.07, 6.45) is 7.02. The van der Waals surface area contributed by atoms with Gasteiger partial charge in [0.2, 0.25) is 0 Å². The standard InChI is InChI=1S/C15H24N2S/c1-3-15-17-13(9-18-15)8-16-10(2)14-7-11-4-5-12(14)6-11/h9-12,14,16H,3-8H2,1-2H3. The third-order valence-electron chi connectivity index (χ3n) is 4.94. The molecule has 2 aliphatic carbocycles. The lowest BCUT2D eigenvalue weighted by molar-refractivity contribution is 0.259. The monoisotopic (exact) mass is 264 g/mol. The summed E-state index contributed by atoms with van der Waals surface area (Å²) in [5.74, 6) is 2.99. The van der Waals surface area contributed by atoms with Crippen molar-refractivity contribution < 1.29 is 0 Å². The molecule has 1 aromatic heterocycles. The van der Waals surface area contributed by atoms with E-state index in [0.29, 0.717) is 6.04 Å². The van der Waals surface area contributed by atoms with Gasteiger partial charge in [0.05, 0.1) is 10.7 Å². The second-order valence-electron chi connectivity index (χ2n) is 6.09. The molecule has 2 fully saturated rings. The molecule has 2 bridgehead atoms. The first-order valence-corrected chi connectivity index (χ1v) is 8.31. The van der Waals surface area contributed by atoms with E-state index in [1.807, 2.05) is 0 Å². The highest BCUT2D eigenvalue weighted by atomic mass is 32.1. The average Bonchev–Trinajstić information content (AvgIpc) is 3.11.